The molecule has 0 saturated carbocycles. The van der Waals surface area contributed by atoms with Gasteiger partial charge in [0.05, 0.1) is 6.04 Å². The lowest BCUT2D eigenvalue weighted by Gasteiger charge is -2.23. The van der Waals surface area contributed by atoms with Crippen LogP contribution in [0.2, 0.25) is 0 Å². The number of H-pyrrole nitrogens is 1. The number of aromatic amines is 1. The minimum atomic E-state index is -0.0799. The van der Waals surface area contributed by atoms with E-state index in [1.807, 2.05) is 47.4 Å². The van der Waals surface area contributed by atoms with Crippen molar-refractivity contribution < 1.29 is 4.79 Å². The highest BCUT2D eigenvalue weighted by Crippen LogP contribution is 2.30. The van der Waals surface area contributed by atoms with E-state index < -0.39 is 0 Å². The van der Waals surface area contributed by atoms with Crippen LogP contribution in [0.25, 0.3) is 11.4 Å². The smallest absolute Gasteiger partial charge is 0.318 e. The number of pyridine rings is 1. The Balaban J connectivity index is 0.00000210. The fraction of sp³-hybridized carbons (Fsp3) is 0.263. The van der Waals surface area contributed by atoms with Crippen LogP contribution in [0.15, 0.2) is 54.9 Å². The largest absolute Gasteiger partial charge is 0.334 e. The third-order valence-corrected chi connectivity index (χ3v) is 4.54. The number of urea groups is 1. The minimum absolute atomic E-state index is 0. The lowest BCUT2D eigenvalue weighted by Crippen LogP contribution is -2.39. The van der Waals surface area contributed by atoms with Gasteiger partial charge in [0.25, 0.3) is 0 Å². The lowest BCUT2D eigenvalue weighted by atomic mass is 10.2. The van der Waals surface area contributed by atoms with E-state index in [1.54, 1.807) is 12.4 Å². The Labute approximate surface area is 163 Å². The van der Waals surface area contributed by atoms with Crippen molar-refractivity contribution in [3.8, 4) is 11.4 Å². The fourth-order valence-electron chi connectivity index (χ4n) is 3.22. The van der Waals surface area contributed by atoms with Crippen molar-refractivity contribution in [2.45, 2.75) is 25.4 Å². The monoisotopic (exact) mass is 384 g/mol. The first kappa shape index (κ1) is 18.8. The van der Waals surface area contributed by atoms with E-state index in [4.69, 9.17) is 0 Å². The van der Waals surface area contributed by atoms with Crippen LogP contribution in [0.3, 0.4) is 0 Å². The summed E-state index contributed by atoms with van der Waals surface area (Å²) in [4.78, 5) is 23.1. The molecule has 1 aliphatic heterocycles. The number of halogens is 1. The van der Waals surface area contributed by atoms with Crippen molar-refractivity contribution in [3.05, 3.63) is 66.2 Å². The van der Waals surface area contributed by atoms with Gasteiger partial charge in [0.2, 0.25) is 0 Å². The van der Waals surface area contributed by atoms with Gasteiger partial charge in [-0.05, 0) is 30.5 Å². The molecule has 1 unspecified atom stereocenters. The van der Waals surface area contributed by atoms with E-state index >= 15 is 0 Å². The first-order valence-electron chi connectivity index (χ1n) is 8.72. The highest BCUT2D eigenvalue weighted by molar-refractivity contribution is 5.85. The molecule has 1 fully saturated rings. The summed E-state index contributed by atoms with van der Waals surface area (Å²) in [5.41, 5.74) is 1.93. The molecule has 1 atom stereocenters. The molecule has 0 radical (unpaired) electrons. The molecule has 2 aromatic heterocycles. The zero-order chi connectivity index (χ0) is 17.8. The molecule has 1 saturated heterocycles. The average Bonchev–Trinajstić information content (AvgIpc) is 3.37. The van der Waals surface area contributed by atoms with Gasteiger partial charge in [0.15, 0.2) is 5.82 Å². The first-order valence-corrected chi connectivity index (χ1v) is 8.72. The molecule has 140 valence electrons. The summed E-state index contributed by atoms with van der Waals surface area (Å²) in [6, 6.07) is 13.5. The minimum Gasteiger partial charge on any atom is -0.334 e. The second-order valence-electron chi connectivity index (χ2n) is 6.28. The van der Waals surface area contributed by atoms with Gasteiger partial charge < -0.3 is 10.2 Å². The first-order chi connectivity index (χ1) is 12.8. The maximum absolute atomic E-state index is 12.6. The van der Waals surface area contributed by atoms with Gasteiger partial charge in [-0.25, -0.2) is 9.78 Å². The van der Waals surface area contributed by atoms with Gasteiger partial charge >= 0.3 is 6.03 Å². The third-order valence-electron chi connectivity index (χ3n) is 4.54. The summed E-state index contributed by atoms with van der Waals surface area (Å²) in [6.45, 7) is 1.23. The second-order valence-corrected chi connectivity index (χ2v) is 6.28. The summed E-state index contributed by atoms with van der Waals surface area (Å²) in [5.74, 6) is 1.32. The molecule has 0 bridgehead atoms. The number of rotatable bonds is 4. The summed E-state index contributed by atoms with van der Waals surface area (Å²) >= 11 is 0. The molecule has 8 heteroatoms. The van der Waals surface area contributed by atoms with Crippen molar-refractivity contribution in [3.63, 3.8) is 0 Å². The topological polar surface area (TPSA) is 86.8 Å². The number of amides is 2. The predicted octanol–water partition coefficient (Wildman–Crippen LogP) is 3.34. The normalized spacial score (nSPS) is 16.0. The number of nitrogens with one attached hydrogen (secondary N) is 2. The Morgan fingerprint density at radius 1 is 1.22 bits per heavy atom. The molecule has 0 aliphatic carbocycles. The Kier molecular flexibility index (Phi) is 6.03. The second kappa shape index (κ2) is 8.64. The molecule has 1 aromatic carbocycles. The number of carbonyl (C=O) groups excluding carboxylic acids is 1. The van der Waals surface area contributed by atoms with Gasteiger partial charge in [0.1, 0.15) is 5.82 Å². The van der Waals surface area contributed by atoms with E-state index in [0.29, 0.717) is 18.9 Å². The van der Waals surface area contributed by atoms with Crippen LogP contribution in [-0.2, 0) is 6.54 Å². The Morgan fingerprint density at radius 2 is 2.07 bits per heavy atom. The van der Waals surface area contributed by atoms with Crippen molar-refractivity contribution >= 4 is 18.4 Å². The zero-order valence-corrected chi connectivity index (χ0v) is 15.5. The predicted molar refractivity (Wildman–Crippen MR) is 104 cm³/mol. The summed E-state index contributed by atoms with van der Waals surface area (Å²) in [6.07, 6.45) is 5.27. The lowest BCUT2D eigenvalue weighted by molar-refractivity contribution is 0.190. The molecule has 1 aliphatic rings. The van der Waals surface area contributed by atoms with Gasteiger partial charge in [-0.2, -0.15) is 5.10 Å². The maximum Gasteiger partial charge on any atom is 0.318 e. The van der Waals surface area contributed by atoms with Crippen molar-refractivity contribution in [1.29, 1.82) is 0 Å². The molecule has 2 N–H and O–H groups in total. The van der Waals surface area contributed by atoms with Crippen LogP contribution in [0.4, 0.5) is 4.79 Å². The Morgan fingerprint density at radius 3 is 2.85 bits per heavy atom. The molecular formula is C19H21ClN6O. The van der Waals surface area contributed by atoms with Crippen molar-refractivity contribution in [2.24, 2.45) is 0 Å². The van der Waals surface area contributed by atoms with E-state index in [1.165, 1.54) is 0 Å². The van der Waals surface area contributed by atoms with Gasteiger partial charge in [0, 0.05) is 31.0 Å². The molecule has 4 rings (SSSR count). The summed E-state index contributed by atoms with van der Waals surface area (Å²) in [7, 11) is 0. The Hall–Kier alpha value is -2.93. The molecule has 27 heavy (non-hydrogen) atoms. The van der Waals surface area contributed by atoms with E-state index in [0.717, 1.165) is 29.8 Å². The molecule has 2 amide bonds. The molecular weight excluding hydrogens is 364 g/mol. The highest BCUT2D eigenvalue weighted by Gasteiger charge is 2.32. The molecule has 0 spiro atoms. The van der Waals surface area contributed by atoms with Crippen molar-refractivity contribution in [2.75, 3.05) is 6.54 Å². The molecule has 3 heterocycles. The van der Waals surface area contributed by atoms with Gasteiger partial charge in [-0.1, -0.05) is 30.3 Å². The van der Waals surface area contributed by atoms with Gasteiger partial charge in [-0.3, -0.25) is 10.1 Å². The number of likely N-dealkylation sites (tertiary alicyclic amines) is 1. The van der Waals surface area contributed by atoms with E-state index in [9.17, 15) is 4.79 Å². The van der Waals surface area contributed by atoms with Crippen LogP contribution < -0.4 is 5.32 Å². The SMILES string of the molecule is Cl.O=C(NCc1ccccc1)N1CCCC1c1nc(-c2cccnc2)n[nH]1. The zero-order valence-electron chi connectivity index (χ0n) is 14.7. The number of benzene rings is 1. The van der Waals surface area contributed by atoms with Crippen LogP contribution >= 0.6 is 12.4 Å². The standard InChI is InChI=1S/C19H20N6O.ClH/c26-19(21-12-14-6-2-1-3-7-14)25-11-5-9-16(25)18-22-17(23-24-18)15-8-4-10-20-13-15;/h1-4,6-8,10,13,16H,5,9,11-12H2,(H,21,26)(H,22,23,24);1H. The van der Waals surface area contributed by atoms with Crippen LogP contribution in [0, 0.1) is 0 Å². The molecule has 3 aromatic rings. The highest BCUT2D eigenvalue weighted by atomic mass is 35.5. The average molecular weight is 385 g/mol. The maximum atomic E-state index is 12.6. The van der Waals surface area contributed by atoms with E-state index in [2.05, 4.69) is 25.5 Å². The Bertz CT molecular complexity index is 870. The fourth-order valence-corrected chi connectivity index (χ4v) is 3.22. The number of nitrogens with zero attached hydrogens (tertiary/aromatic N) is 4. The van der Waals surface area contributed by atoms with Gasteiger partial charge in [-0.15, -0.1) is 12.4 Å². The number of hydrogen-bond donors (Lipinski definition) is 2. The van der Waals surface area contributed by atoms with Crippen LogP contribution in [0.1, 0.15) is 30.3 Å². The number of carbonyl (C=O) groups is 1. The van der Waals surface area contributed by atoms with Crippen LogP contribution in [-0.4, -0.2) is 37.6 Å². The number of hydrogen-bond acceptors (Lipinski definition) is 4. The summed E-state index contributed by atoms with van der Waals surface area (Å²) < 4.78 is 0. The van der Waals surface area contributed by atoms with E-state index in [-0.39, 0.29) is 24.5 Å². The van der Waals surface area contributed by atoms with Crippen molar-refractivity contribution in [1.82, 2.24) is 30.4 Å². The quantitative estimate of drug-likeness (QED) is 0.722. The third kappa shape index (κ3) is 4.25. The number of aromatic nitrogens is 4. The van der Waals surface area contributed by atoms with Crippen LogP contribution in [0.5, 0.6) is 0 Å². The summed E-state index contributed by atoms with van der Waals surface area (Å²) in [5, 5.41) is 10.3. The molecule has 7 nitrogen and oxygen atoms in total.